The third kappa shape index (κ3) is 3.30. The molecule has 144 valence electrons. The minimum atomic E-state index is -4.33. The summed E-state index contributed by atoms with van der Waals surface area (Å²) in [4.78, 5) is 6.40. The Hall–Kier alpha value is -3.02. The van der Waals surface area contributed by atoms with Crippen LogP contribution in [-0.4, -0.2) is 12.5 Å². The number of halogens is 3. The molecule has 1 heterocycles. The number of alkyl halides is 3. The first-order chi connectivity index (χ1) is 13.3. The summed E-state index contributed by atoms with van der Waals surface area (Å²) >= 11 is 0. The lowest BCUT2D eigenvalue weighted by Crippen LogP contribution is -2.36. The van der Waals surface area contributed by atoms with Gasteiger partial charge in [-0.1, -0.05) is 49.4 Å². The van der Waals surface area contributed by atoms with E-state index >= 15 is 0 Å². The molecule has 1 aliphatic heterocycles. The molecule has 0 amide bonds. The Morgan fingerprint density at radius 2 is 1.79 bits per heavy atom. The van der Waals surface area contributed by atoms with Crippen molar-refractivity contribution in [3.05, 3.63) is 77.4 Å². The van der Waals surface area contributed by atoms with Gasteiger partial charge in [0, 0.05) is 18.2 Å². The van der Waals surface area contributed by atoms with Gasteiger partial charge in [0.15, 0.2) is 5.96 Å². The molecular weight excluding hydrogens is 363 g/mol. The molecule has 2 N–H and O–H groups in total. The molecule has 0 spiro atoms. The molecule has 28 heavy (non-hydrogen) atoms. The number of guanidine groups is 1. The minimum absolute atomic E-state index is 0.234. The maximum absolute atomic E-state index is 12.7. The zero-order valence-corrected chi connectivity index (χ0v) is 15.4. The monoisotopic (exact) mass is 383 g/mol. The quantitative estimate of drug-likeness (QED) is 0.482. The normalized spacial score (nSPS) is 17.2. The lowest BCUT2D eigenvalue weighted by atomic mass is 9.96. The van der Waals surface area contributed by atoms with Gasteiger partial charge in [0.2, 0.25) is 0 Å². The molecule has 1 aliphatic rings. The van der Waals surface area contributed by atoms with Crippen LogP contribution in [0.25, 0.3) is 10.8 Å². The minimum Gasteiger partial charge on any atom is -0.370 e. The van der Waals surface area contributed by atoms with Gasteiger partial charge in [-0.3, -0.25) is 0 Å². The van der Waals surface area contributed by atoms with E-state index in [-0.39, 0.29) is 6.54 Å². The first-order valence-electron chi connectivity index (χ1n) is 9.10. The third-order valence-electron chi connectivity index (χ3n) is 5.17. The lowest BCUT2D eigenvalue weighted by Gasteiger charge is -2.19. The van der Waals surface area contributed by atoms with E-state index in [9.17, 15) is 13.2 Å². The second kappa shape index (κ2) is 6.86. The summed E-state index contributed by atoms with van der Waals surface area (Å²) in [5.41, 5.74) is 8.56. The number of hydrogen-bond donors (Lipinski definition) is 1. The van der Waals surface area contributed by atoms with Crippen LogP contribution in [-0.2, 0) is 12.7 Å². The van der Waals surface area contributed by atoms with Crippen molar-refractivity contribution in [3.8, 4) is 0 Å². The molecule has 3 nitrogen and oxygen atoms in total. The second-order valence-electron chi connectivity index (χ2n) is 7.10. The highest BCUT2D eigenvalue weighted by Gasteiger charge is 2.30. The Morgan fingerprint density at radius 1 is 1.07 bits per heavy atom. The van der Waals surface area contributed by atoms with Gasteiger partial charge < -0.3 is 10.6 Å². The summed E-state index contributed by atoms with van der Waals surface area (Å²) < 4.78 is 38.0. The van der Waals surface area contributed by atoms with Crippen molar-refractivity contribution >= 4 is 22.4 Å². The number of hydrogen-bond acceptors (Lipinski definition) is 1. The van der Waals surface area contributed by atoms with E-state index in [0.29, 0.717) is 17.4 Å². The summed E-state index contributed by atoms with van der Waals surface area (Å²) in [5.74, 6) is 0.682. The Bertz CT molecular complexity index is 1040. The highest BCUT2D eigenvalue weighted by atomic mass is 19.4. The van der Waals surface area contributed by atoms with Gasteiger partial charge in [0.05, 0.1) is 12.1 Å². The summed E-state index contributed by atoms with van der Waals surface area (Å²) in [6, 6.07) is 17.4. The fourth-order valence-corrected chi connectivity index (χ4v) is 3.77. The van der Waals surface area contributed by atoms with Gasteiger partial charge >= 0.3 is 6.18 Å². The Labute approximate surface area is 161 Å². The van der Waals surface area contributed by atoms with Crippen molar-refractivity contribution in [3.63, 3.8) is 0 Å². The molecular formula is C22H20F3N3. The van der Waals surface area contributed by atoms with Gasteiger partial charge in [-0.2, -0.15) is 13.2 Å². The van der Waals surface area contributed by atoms with Gasteiger partial charge in [0.1, 0.15) is 0 Å². The summed E-state index contributed by atoms with van der Waals surface area (Å²) in [5, 5.41) is 2.40. The van der Waals surface area contributed by atoms with Crippen LogP contribution in [0.2, 0.25) is 0 Å². The van der Waals surface area contributed by atoms with Crippen LogP contribution < -0.4 is 10.6 Å². The molecule has 6 heteroatoms. The number of rotatable bonds is 2. The second-order valence-corrected chi connectivity index (χ2v) is 7.10. The average Bonchev–Trinajstić information content (AvgIpc) is 3.03. The molecule has 3 aromatic rings. The number of anilines is 1. The predicted octanol–water partition coefficient (Wildman–Crippen LogP) is 5.30. The van der Waals surface area contributed by atoms with Gasteiger partial charge in [0.25, 0.3) is 0 Å². The predicted molar refractivity (Wildman–Crippen MR) is 106 cm³/mol. The molecule has 0 aliphatic carbocycles. The summed E-state index contributed by atoms with van der Waals surface area (Å²) in [7, 11) is 0. The molecule has 0 radical (unpaired) electrons. The van der Waals surface area contributed by atoms with E-state index in [1.54, 1.807) is 0 Å². The molecule has 0 fully saturated rings. The highest BCUT2D eigenvalue weighted by molar-refractivity contribution is 6.02. The first-order valence-corrected chi connectivity index (χ1v) is 9.10. The molecule has 0 aromatic heterocycles. The molecule has 0 saturated carbocycles. The maximum atomic E-state index is 12.7. The molecule has 0 bridgehead atoms. The molecule has 4 rings (SSSR count). The number of aliphatic imine (C=N–C) groups is 1. The zero-order valence-electron chi connectivity index (χ0n) is 15.4. The van der Waals surface area contributed by atoms with Crippen LogP contribution in [0.4, 0.5) is 18.9 Å². The Morgan fingerprint density at radius 3 is 2.50 bits per heavy atom. The standard InChI is InChI=1S/C22H20F3N3/c1-14-13-28(19-11-8-16-4-2-3-5-18(16)20(14)19)21(26)27-12-15-6-9-17(10-7-15)22(23,24)25/h2-11,14H,12-13H2,1H3,(H2,26,27). The van der Waals surface area contributed by atoms with Gasteiger partial charge in [-0.15, -0.1) is 0 Å². The number of nitrogens with zero attached hydrogens (tertiary/aromatic N) is 2. The Balaban J connectivity index is 1.58. The highest BCUT2D eigenvalue weighted by Crippen LogP contribution is 2.40. The van der Waals surface area contributed by atoms with E-state index in [0.717, 1.165) is 24.4 Å². The van der Waals surface area contributed by atoms with Crippen molar-refractivity contribution < 1.29 is 13.2 Å². The van der Waals surface area contributed by atoms with Gasteiger partial charge in [-0.05, 0) is 40.1 Å². The van der Waals surface area contributed by atoms with Crippen molar-refractivity contribution in [1.29, 1.82) is 0 Å². The number of nitrogens with two attached hydrogens (primary N) is 1. The van der Waals surface area contributed by atoms with Crippen LogP contribution in [0.15, 0.2) is 65.7 Å². The molecule has 1 atom stereocenters. The van der Waals surface area contributed by atoms with Gasteiger partial charge in [-0.25, -0.2) is 4.99 Å². The third-order valence-corrected chi connectivity index (χ3v) is 5.17. The number of fused-ring (bicyclic) bond motifs is 3. The van der Waals surface area contributed by atoms with E-state index in [1.165, 1.54) is 28.5 Å². The van der Waals surface area contributed by atoms with Crippen molar-refractivity contribution in [2.75, 3.05) is 11.4 Å². The van der Waals surface area contributed by atoms with Crippen molar-refractivity contribution in [2.24, 2.45) is 10.7 Å². The maximum Gasteiger partial charge on any atom is 0.416 e. The van der Waals surface area contributed by atoms with Crippen LogP contribution in [0.3, 0.4) is 0 Å². The largest absolute Gasteiger partial charge is 0.416 e. The molecule has 3 aromatic carbocycles. The van der Waals surface area contributed by atoms with E-state index < -0.39 is 11.7 Å². The Kier molecular flexibility index (Phi) is 4.49. The summed E-state index contributed by atoms with van der Waals surface area (Å²) in [6.07, 6.45) is -4.33. The van der Waals surface area contributed by atoms with Crippen molar-refractivity contribution in [1.82, 2.24) is 0 Å². The topological polar surface area (TPSA) is 41.6 Å². The van der Waals surface area contributed by atoms with Crippen molar-refractivity contribution in [2.45, 2.75) is 25.6 Å². The fraction of sp³-hybridized carbons (Fsp3) is 0.227. The van der Waals surface area contributed by atoms with Crippen LogP contribution in [0.1, 0.15) is 29.5 Å². The first kappa shape index (κ1) is 18.3. The van der Waals surface area contributed by atoms with E-state index in [4.69, 9.17) is 5.73 Å². The van der Waals surface area contributed by atoms with Crippen LogP contribution in [0.5, 0.6) is 0 Å². The molecule has 0 saturated heterocycles. The lowest BCUT2D eigenvalue weighted by molar-refractivity contribution is -0.137. The zero-order chi connectivity index (χ0) is 19.9. The molecule has 1 unspecified atom stereocenters. The smallest absolute Gasteiger partial charge is 0.370 e. The summed E-state index contributed by atoms with van der Waals surface area (Å²) in [6.45, 7) is 3.12. The number of benzene rings is 3. The SMILES string of the molecule is CC1CN(C(N)=NCc2ccc(C(F)(F)F)cc2)c2ccc3ccccc3c21. The van der Waals surface area contributed by atoms with Crippen LogP contribution in [0, 0.1) is 0 Å². The van der Waals surface area contributed by atoms with Crippen LogP contribution >= 0.6 is 0 Å². The average molecular weight is 383 g/mol. The van der Waals surface area contributed by atoms with E-state index in [2.05, 4.69) is 36.2 Å². The fourth-order valence-electron chi connectivity index (χ4n) is 3.77. The van der Waals surface area contributed by atoms with E-state index in [1.807, 2.05) is 17.0 Å².